The highest BCUT2D eigenvalue weighted by atomic mass is 32.1. The van der Waals surface area contributed by atoms with Crippen LogP contribution in [-0.4, -0.2) is 31.4 Å². The number of para-hydroxylation sites is 1. The number of nitriles is 1. The molecule has 0 fully saturated rings. The molecule has 0 unspecified atom stereocenters. The first-order valence-electron chi connectivity index (χ1n) is 6.84. The van der Waals surface area contributed by atoms with E-state index in [0.29, 0.717) is 18.1 Å². The van der Waals surface area contributed by atoms with Crippen LogP contribution in [0.1, 0.15) is 19.8 Å². The maximum atomic E-state index is 8.76. The largest absolute Gasteiger partial charge is 0.382 e. The predicted octanol–water partition coefficient (Wildman–Crippen LogP) is 2.71. The lowest BCUT2D eigenvalue weighted by Gasteiger charge is -2.25. The van der Waals surface area contributed by atoms with E-state index in [1.54, 1.807) is 0 Å². The van der Waals surface area contributed by atoms with Crippen LogP contribution in [0.3, 0.4) is 0 Å². The maximum Gasteiger partial charge on any atom is 0.173 e. The summed E-state index contributed by atoms with van der Waals surface area (Å²) in [5.74, 6) is 0. The quantitative estimate of drug-likeness (QED) is 0.589. The molecule has 4 nitrogen and oxygen atoms in total. The van der Waals surface area contributed by atoms with Gasteiger partial charge in [-0.1, -0.05) is 18.2 Å². The molecule has 0 spiro atoms. The van der Waals surface area contributed by atoms with Crippen molar-refractivity contribution < 1.29 is 4.74 Å². The number of hydrogen-bond donors (Lipinski definition) is 1. The lowest BCUT2D eigenvalue weighted by molar-refractivity contribution is 0.146. The van der Waals surface area contributed by atoms with Crippen LogP contribution in [0.2, 0.25) is 0 Å². The molecule has 20 heavy (non-hydrogen) atoms. The molecule has 0 amide bonds. The predicted molar refractivity (Wildman–Crippen MR) is 85.7 cm³/mol. The number of rotatable bonds is 8. The van der Waals surface area contributed by atoms with Crippen molar-refractivity contribution in [3.05, 3.63) is 30.3 Å². The van der Waals surface area contributed by atoms with Crippen molar-refractivity contribution in [2.24, 2.45) is 0 Å². The van der Waals surface area contributed by atoms with Crippen molar-refractivity contribution in [3.63, 3.8) is 0 Å². The van der Waals surface area contributed by atoms with Gasteiger partial charge in [-0.2, -0.15) is 5.26 Å². The van der Waals surface area contributed by atoms with Crippen molar-refractivity contribution in [3.8, 4) is 6.07 Å². The molecule has 0 atom stereocenters. The summed E-state index contributed by atoms with van der Waals surface area (Å²) >= 11 is 5.41. The van der Waals surface area contributed by atoms with Crippen LogP contribution in [0, 0.1) is 11.3 Å². The van der Waals surface area contributed by atoms with Gasteiger partial charge < -0.3 is 15.0 Å². The molecule has 0 bridgehead atoms. The molecular weight excluding hydrogens is 270 g/mol. The first kappa shape index (κ1) is 16.4. The molecule has 0 aliphatic carbocycles. The minimum Gasteiger partial charge on any atom is -0.382 e. The van der Waals surface area contributed by atoms with E-state index in [0.717, 1.165) is 31.9 Å². The Morgan fingerprint density at radius 2 is 2.15 bits per heavy atom. The highest BCUT2D eigenvalue weighted by Crippen LogP contribution is 2.13. The molecule has 0 heterocycles. The van der Waals surface area contributed by atoms with Crippen molar-refractivity contribution in [2.75, 3.05) is 31.2 Å². The zero-order chi connectivity index (χ0) is 14.6. The van der Waals surface area contributed by atoms with Crippen LogP contribution in [0.15, 0.2) is 30.3 Å². The summed E-state index contributed by atoms with van der Waals surface area (Å²) in [6.45, 7) is 4.82. The minimum atomic E-state index is 0.440. The summed E-state index contributed by atoms with van der Waals surface area (Å²) < 4.78 is 5.29. The molecule has 108 valence electrons. The van der Waals surface area contributed by atoms with Crippen molar-refractivity contribution >= 4 is 23.0 Å². The summed E-state index contributed by atoms with van der Waals surface area (Å²) in [5.41, 5.74) is 1.00. The van der Waals surface area contributed by atoms with E-state index in [-0.39, 0.29) is 0 Å². The van der Waals surface area contributed by atoms with Gasteiger partial charge in [0.1, 0.15) is 0 Å². The molecular formula is C15H21N3OS. The summed E-state index contributed by atoms with van der Waals surface area (Å²) in [7, 11) is 0. The van der Waals surface area contributed by atoms with Crippen molar-refractivity contribution in [1.29, 1.82) is 5.26 Å². The summed E-state index contributed by atoms with van der Waals surface area (Å²) in [5, 5.41) is 12.6. The summed E-state index contributed by atoms with van der Waals surface area (Å²) in [4.78, 5) is 1.96. The fourth-order valence-corrected chi connectivity index (χ4v) is 2.03. The van der Waals surface area contributed by atoms with Gasteiger partial charge in [0.25, 0.3) is 0 Å². The number of nitrogens with zero attached hydrogens (tertiary/aromatic N) is 2. The third-order valence-corrected chi connectivity index (χ3v) is 3.07. The number of nitrogens with one attached hydrogen (secondary N) is 1. The third-order valence-electron chi connectivity index (χ3n) is 2.71. The van der Waals surface area contributed by atoms with E-state index in [4.69, 9.17) is 22.2 Å². The molecule has 1 aromatic carbocycles. The van der Waals surface area contributed by atoms with Gasteiger partial charge in [0, 0.05) is 32.0 Å². The fourth-order valence-electron chi connectivity index (χ4n) is 1.73. The molecule has 0 radical (unpaired) electrons. The zero-order valence-electron chi connectivity index (χ0n) is 11.8. The van der Waals surface area contributed by atoms with Crippen LogP contribution >= 0.6 is 12.2 Å². The number of anilines is 1. The Hall–Kier alpha value is -1.64. The molecule has 0 aliphatic rings. The SMILES string of the molecule is CCOCCCNC(=S)N(CCC#N)c1ccccc1. The van der Waals surface area contributed by atoms with E-state index in [9.17, 15) is 0 Å². The Labute approximate surface area is 126 Å². The van der Waals surface area contributed by atoms with Crippen LogP contribution in [0.25, 0.3) is 0 Å². The first-order chi connectivity index (χ1) is 9.79. The van der Waals surface area contributed by atoms with Gasteiger partial charge in [0.15, 0.2) is 5.11 Å². The van der Waals surface area contributed by atoms with Gasteiger partial charge in [-0.15, -0.1) is 0 Å². The second-order valence-corrected chi connectivity index (χ2v) is 4.56. The van der Waals surface area contributed by atoms with Crippen LogP contribution < -0.4 is 10.2 Å². The average Bonchev–Trinajstić information content (AvgIpc) is 2.48. The van der Waals surface area contributed by atoms with Crippen molar-refractivity contribution in [2.45, 2.75) is 19.8 Å². The molecule has 5 heteroatoms. The van der Waals surface area contributed by atoms with E-state index < -0.39 is 0 Å². The normalized spacial score (nSPS) is 9.80. The van der Waals surface area contributed by atoms with E-state index in [1.807, 2.05) is 42.2 Å². The second kappa shape index (κ2) is 10.2. The van der Waals surface area contributed by atoms with Crippen molar-refractivity contribution in [1.82, 2.24) is 5.32 Å². The smallest absolute Gasteiger partial charge is 0.173 e. The topological polar surface area (TPSA) is 48.3 Å². The number of benzene rings is 1. The lowest BCUT2D eigenvalue weighted by Crippen LogP contribution is -2.41. The summed E-state index contributed by atoms with van der Waals surface area (Å²) in [6, 6.07) is 12.0. The van der Waals surface area contributed by atoms with Crippen LogP contribution in [-0.2, 0) is 4.74 Å². The molecule has 1 N–H and O–H groups in total. The zero-order valence-corrected chi connectivity index (χ0v) is 12.7. The van der Waals surface area contributed by atoms with Gasteiger partial charge in [0.2, 0.25) is 0 Å². The average molecular weight is 291 g/mol. The number of thiocarbonyl (C=S) groups is 1. The number of ether oxygens (including phenoxy) is 1. The van der Waals surface area contributed by atoms with Crippen LogP contribution in [0.4, 0.5) is 5.69 Å². The Balaban J connectivity index is 2.51. The number of hydrogen-bond acceptors (Lipinski definition) is 3. The van der Waals surface area contributed by atoms with E-state index in [2.05, 4.69) is 11.4 Å². The lowest BCUT2D eigenvalue weighted by atomic mass is 10.3. The molecule has 0 saturated heterocycles. The Morgan fingerprint density at radius 3 is 2.80 bits per heavy atom. The standard InChI is InChI=1S/C15H21N3OS/c1-2-19-13-7-11-17-15(20)18(12-6-10-16)14-8-4-3-5-9-14/h3-5,8-9H,2,6-7,11-13H2,1H3,(H,17,20). The highest BCUT2D eigenvalue weighted by Gasteiger charge is 2.10. The minimum absolute atomic E-state index is 0.440. The fraction of sp³-hybridized carbons (Fsp3) is 0.467. The van der Waals surface area contributed by atoms with E-state index in [1.165, 1.54) is 0 Å². The van der Waals surface area contributed by atoms with E-state index >= 15 is 0 Å². The Morgan fingerprint density at radius 1 is 1.40 bits per heavy atom. The molecule has 1 aromatic rings. The van der Waals surface area contributed by atoms with Gasteiger partial charge in [0.05, 0.1) is 12.5 Å². The Bertz CT molecular complexity index is 430. The Kier molecular flexibility index (Phi) is 8.36. The van der Waals surface area contributed by atoms with Gasteiger partial charge in [-0.05, 0) is 37.7 Å². The third kappa shape index (κ3) is 6.00. The summed E-state index contributed by atoms with van der Waals surface area (Å²) in [6.07, 6.45) is 1.35. The monoisotopic (exact) mass is 291 g/mol. The molecule has 0 saturated carbocycles. The van der Waals surface area contributed by atoms with Gasteiger partial charge in [-0.25, -0.2) is 0 Å². The molecule has 1 rings (SSSR count). The molecule has 0 aromatic heterocycles. The highest BCUT2D eigenvalue weighted by molar-refractivity contribution is 7.80. The van der Waals surface area contributed by atoms with Crippen LogP contribution in [0.5, 0.6) is 0 Å². The van der Waals surface area contributed by atoms with Gasteiger partial charge in [-0.3, -0.25) is 0 Å². The first-order valence-corrected chi connectivity index (χ1v) is 7.25. The van der Waals surface area contributed by atoms with Gasteiger partial charge >= 0.3 is 0 Å². The second-order valence-electron chi connectivity index (χ2n) is 4.18. The molecule has 0 aliphatic heterocycles. The maximum absolute atomic E-state index is 8.76.